The summed E-state index contributed by atoms with van der Waals surface area (Å²) in [6.07, 6.45) is 0.595. The number of aldehydes is 1. The summed E-state index contributed by atoms with van der Waals surface area (Å²) in [5.41, 5.74) is 2.02. The molecule has 5 heteroatoms. The lowest BCUT2D eigenvalue weighted by Crippen LogP contribution is -2.04. The SMILES string of the molecule is Cc1cc(COc2ccc(C=O)cc2F)n(C)n1. The molecule has 2 rings (SSSR count). The van der Waals surface area contributed by atoms with Crippen molar-refractivity contribution in [3.05, 3.63) is 47.0 Å². The number of hydrogen-bond acceptors (Lipinski definition) is 3. The maximum atomic E-state index is 13.5. The Balaban J connectivity index is 2.10. The molecule has 2 aromatic rings. The molecule has 0 aliphatic carbocycles. The molecule has 1 aromatic heterocycles. The summed E-state index contributed by atoms with van der Waals surface area (Å²) < 4.78 is 20.6. The lowest BCUT2D eigenvalue weighted by Gasteiger charge is -2.07. The number of aryl methyl sites for hydroxylation is 2. The second-order valence-electron chi connectivity index (χ2n) is 4.00. The van der Waals surface area contributed by atoms with Gasteiger partial charge < -0.3 is 4.74 Å². The molecule has 0 saturated heterocycles. The van der Waals surface area contributed by atoms with Gasteiger partial charge in [-0.15, -0.1) is 0 Å². The van der Waals surface area contributed by atoms with Gasteiger partial charge in [-0.3, -0.25) is 9.48 Å². The third kappa shape index (κ3) is 2.56. The van der Waals surface area contributed by atoms with E-state index in [4.69, 9.17) is 4.74 Å². The molecule has 0 N–H and O–H groups in total. The van der Waals surface area contributed by atoms with Crippen LogP contribution in [0.15, 0.2) is 24.3 Å². The number of aromatic nitrogens is 2. The molecule has 0 aliphatic heterocycles. The van der Waals surface area contributed by atoms with Crippen molar-refractivity contribution in [1.29, 1.82) is 0 Å². The van der Waals surface area contributed by atoms with E-state index in [1.54, 1.807) is 11.7 Å². The summed E-state index contributed by atoms with van der Waals surface area (Å²) in [7, 11) is 1.80. The average molecular weight is 248 g/mol. The van der Waals surface area contributed by atoms with Crippen molar-refractivity contribution in [1.82, 2.24) is 9.78 Å². The van der Waals surface area contributed by atoms with Crippen molar-refractivity contribution in [3.8, 4) is 5.75 Å². The predicted octanol–water partition coefficient (Wildman–Crippen LogP) is 2.26. The summed E-state index contributed by atoms with van der Waals surface area (Å²) >= 11 is 0. The standard InChI is InChI=1S/C13H13FN2O2/c1-9-5-11(16(2)15-9)8-18-13-4-3-10(7-17)6-12(13)14/h3-7H,8H2,1-2H3. The quantitative estimate of drug-likeness (QED) is 0.779. The van der Waals surface area contributed by atoms with Crippen LogP contribution in [0.25, 0.3) is 0 Å². The first kappa shape index (κ1) is 12.3. The number of benzene rings is 1. The Hall–Kier alpha value is -2.17. The Bertz CT molecular complexity index is 578. The number of carbonyl (C=O) groups excluding carboxylic acids is 1. The van der Waals surface area contributed by atoms with Crippen LogP contribution in [0.1, 0.15) is 21.7 Å². The van der Waals surface area contributed by atoms with E-state index in [1.807, 2.05) is 13.0 Å². The summed E-state index contributed by atoms with van der Waals surface area (Å²) in [4.78, 5) is 10.5. The third-order valence-electron chi connectivity index (χ3n) is 2.57. The van der Waals surface area contributed by atoms with Gasteiger partial charge in [0.2, 0.25) is 0 Å². The minimum Gasteiger partial charge on any atom is -0.484 e. The van der Waals surface area contributed by atoms with Gasteiger partial charge in [-0.2, -0.15) is 5.10 Å². The van der Waals surface area contributed by atoms with Crippen molar-refractivity contribution in [3.63, 3.8) is 0 Å². The molecule has 0 radical (unpaired) electrons. The minimum atomic E-state index is -0.543. The molecule has 0 spiro atoms. The zero-order chi connectivity index (χ0) is 13.1. The number of rotatable bonds is 4. The Morgan fingerprint density at radius 1 is 1.44 bits per heavy atom. The second-order valence-corrected chi connectivity index (χ2v) is 4.00. The fourth-order valence-electron chi connectivity index (χ4n) is 1.66. The number of ether oxygens (including phenoxy) is 1. The normalized spacial score (nSPS) is 10.4. The first-order chi connectivity index (χ1) is 8.60. The van der Waals surface area contributed by atoms with Crippen LogP contribution >= 0.6 is 0 Å². The van der Waals surface area contributed by atoms with E-state index in [0.29, 0.717) is 6.29 Å². The second kappa shape index (κ2) is 5.00. The third-order valence-corrected chi connectivity index (χ3v) is 2.57. The van der Waals surface area contributed by atoms with Gasteiger partial charge in [0.15, 0.2) is 11.6 Å². The highest BCUT2D eigenvalue weighted by Crippen LogP contribution is 2.19. The van der Waals surface area contributed by atoms with Gasteiger partial charge in [0.1, 0.15) is 12.9 Å². The van der Waals surface area contributed by atoms with Crippen molar-refractivity contribution >= 4 is 6.29 Å². The fraction of sp³-hybridized carbons (Fsp3) is 0.231. The fourth-order valence-corrected chi connectivity index (χ4v) is 1.66. The maximum Gasteiger partial charge on any atom is 0.165 e. The van der Waals surface area contributed by atoms with Crippen molar-refractivity contribution in [2.75, 3.05) is 0 Å². The zero-order valence-electron chi connectivity index (χ0n) is 10.2. The van der Waals surface area contributed by atoms with Crippen molar-refractivity contribution in [2.24, 2.45) is 7.05 Å². The highest BCUT2D eigenvalue weighted by Gasteiger charge is 2.07. The van der Waals surface area contributed by atoms with E-state index in [-0.39, 0.29) is 17.9 Å². The summed E-state index contributed by atoms with van der Waals surface area (Å²) in [5, 5.41) is 4.17. The van der Waals surface area contributed by atoms with E-state index in [0.717, 1.165) is 17.5 Å². The molecule has 0 aliphatic rings. The Morgan fingerprint density at radius 2 is 2.22 bits per heavy atom. The monoisotopic (exact) mass is 248 g/mol. The molecule has 0 bridgehead atoms. The molecule has 4 nitrogen and oxygen atoms in total. The van der Waals surface area contributed by atoms with Crippen LogP contribution in [0, 0.1) is 12.7 Å². The van der Waals surface area contributed by atoms with Crippen LogP contribution in [-0.2, 0) is 13.7 Å². The van der Waals surface area contributed by atoms with Gasteiger partial charge in [0.25, 0.3) is 0 Å². The number of carbonyl (C=O) groups is 1. The Kier molecular flexibility index (Phi) is 3.41. The van der Waals surface area contributed by atoms with Gasteiger partial charge in [-0.1, -0.05) is 0 Å². The largest absolute Gasteiger partial charge is 0.484 e. The maximum absolute atomic E-state index is 13.5. The van der Waals surface area contributed by atoms with Gasteiger partial charge in [0.05, 0.1) is 11.4 Å². The lowest BCUT2D eigenvalue weighted by molar-refractivity contribution is 0.112. The number of hydrogen-bond donors (Lipinski definition) is 0. The molecule has 0 fully saturated rings. The topological polar surface area (TPSA) is 44.1 Å². The van der Waals surface area contributed by atoms with Crippen molar-refractivity contribution in [2.45, 2.75) is 13.5 Å². The molecule has 94 valence electrons. The molecule has 0 unspecified atom stereocenters. The molecule has 0 amide bonds. The van der Waals surface area contributed by atoms with E-state index < -0.39 is 5.82 Å². The van der Waals surface area contributed by atoms with Crippen LogP contribution in [-0.4, -0.2) is 16.1 Å². The average Bonchev–Trinajstić information content (AvgIpc) is 2.66. The van der Waals surface area contributed by atoms with Crippen LogP contribution in [0.3, 0.4) is 0 Å². The smallest absolute Gasteiger partial charge is 0.165 e. The number of nitrogens with zero attached hydrogens (tertiary/aromatic N) is 2. The molecule has 0 saturated carbocycles. The molecule has 1 aromatic carbocycles. The summed E-state index contributed by atoms with van der Waals surface area (Å²) in [6, 6.07) is 5.98. The van der Waals surface area contributed by atoms with E-state index in [2.05, 4.69) is 5.10 Å². The predicted molar refractivity (Wildman–Crippen MR) is 64.1 cm³/mol. The van der Waals surface area contributed by atoms with Crippen LogP contribution in [0.5, 0.6) is 5.75 Å². The van der Waals surface area contributed by atoms with E-state index >= 15 is 0 Å². The molecular weight excluding hydrogens is 235 g/mol. The van der Waals surface area contributed by atoms with Crippen LogP contribution in [0.4, 0.5) is 4.39 Å². The molecule has 18 heavy (non-hydrogen) atoms. The van der Waals surface area contributed by atoms with Crippen LogP contribution < -0.4 is 4.74 Å². The zero-order valence-corrected chi connectivity index (χ0v) is 10.2. The molecule has 1 heterocycles. The first-order valence-corrected chi connectivity index (χ1v) is 5.47. The van der Waals surface area contributed by atoms with E-state index in [1.165, 1.54) is 12.1 Å². The Morgan fingerprint density at radius 3 is 2.78 bits per heavy atom. The molecule has 0 atom stereocenters. The van der Waals surface area contributed by atoms with Crippen molar-refractivity contribution < 1.29 is 13.9 Å². The molecular formula is C13H13FN2O2. The minimum absolute atomic E-state index is 0.124. The summed E-state index contributed by atoms with van der Waals surface area (Å²) in [6.45, 7) is 2.11. The van der Waals surface area contributed by atoms with Gasteiger partial charge in [-0.05, 0) is 31.2 Å². The van der Waals surface area contributed by atoms with E-state index in [9.17, 15) is 9.18 Å². The first-order valence-electron chi connectivity index (χ1n) is 5.47. The summed E-state index contributed by atoms with van der Waals surface area (Å²) in [5.74, 6) is -0.419. The number of halogens is 1. The highest BCUT2D eigenvalue weighted by atomic mass is 19.1. The van der Waals surface area contributed by atoms with Gasteiger partial charge in [0, 0.05) is 12.6 Å². The highest BCUT2D eigenvalue weighted by molar-refractivity contribution is 5.74. The lowest BCUT2D eigenvalue weighted by atomic mass is 10.2. The Labute approximate surface area is 104 Å². The van der Waals surface area contributed by atoms with Crippen LogP contribution in [0.2, 0.25) is 0 Å². The van der Waals surface area contributed by atoms with Gasteiger partial charge >= 0.3 is 0 Å². The van der Waals surface area contributed by atoms with Gasteiger partial charge in [-0.25, -0.2) is 4.39 Å².